The Kier molecular flexibility index (Phi) is 7.57. The van der Waals surface area contributed by atoms with E-state index in [0.29, 0.717) is 6.54 Å². The number of amides is 2. The predicted octanol–water partition coefficient (Wildman–Crippen LogP) is 0.475. The number of allylic oxidation sites excluding steroid dienone is 2. The lowest BCUT2D eigenvalue weighted by Gasteiger charge is -2.01. The van der Waals surface area contributed by atoms with Crippen molar-refractivity contribution in [2.24, 2.45) is 5.73 Å². The van der Waals surface area contributed by atoms with Crippen molar-refractivity contribution in [3.05, 3.63) is 24.0 Å². The molecule has 0 rings (SSSR count). The number of ether oxygens (including phenoxy) is 1. The van der Waals surface area contributed by atoms with Gasteiger partial charge in [0.25, 0.3) is 0 Å². The van der Waals surface area contributed by atoms with Crippen LogP contribution in [0.1, 0.15) is 19.8 Å². The van der Waals surface area contributed by atoms with Gasteiger partial charge < -0.3 is 15.8 Å². The van der Waals surface area contributed by atoms with E-state index in [1.165, 1.54) is 0 Å². The number of nitrogens with two attached hydrogens (primary N) is 1. The fraction of sp³-hybridized carbons (Fsp3) is 0.455. The number of hydrogen-bond acceptors (Lipinski definition) is 3. The minimum atomic E-state index is -0.471. The molecule has 3 N–H and O–H groups in total. The second-order valence-corrected chi connectivity index (χ2v) is 3.07. The highest BCUT2D eigenvalue weighted by Crippen LogP contribution is 1.95. The van der Waals surface area contributed by atoms with Crippen molar-refractivity contribution in [1.82, 2.24) is 5.32 Å². The van der Waals surface area contributed by atoms with Crippen LogP contribution in [0.25, 0.3) is 0 Å². The largest absolute Gasteiger partial charge is 0.497 e. The van der Waals surface area contributed by atoms with Gasteiger partial charge in [-0.2, -0.15) is 0 Å². The average Bonchev–Trinajstić information content (AvgIpc) is 2.26. The van der Waals surface area contributed by atoms with Crippen LogP contribution in [-0.4, -0.2) is 25.5 Å². The molecule has 0 aromatic heterocycles. The number of methoxy groups -OCH3 is 1. The molecule has 0 radical (unpaired) electrons. The normalized spacial score (nSPS) is 11.5. The van der Waals surface area contributed by atoms with E-state index in [1.54, 1.807) is 19.3 Å². The zero-order chi connectivity index (χ0) is 12.4. The lowest BCUT2D eigenvalue weighted by Crippen LogP contribution is -2.25. The molecule has 90 valence electrons. The van der Waals surface area contributed by atoms with Gasteiger partial charge in [-0.3, -0.25) is 9.59 Å². The predicted molar refractivity (Wildman–Crippen MR) is 61.3 cm³/mol. The molecule has 0 fully saturated rings. The van der Waals surface area contributed by atoms with Crippen molar-refractivity contribution in [2.75, 3.05) is 13.7 Å². The maximum atomic E-state index is 11.1. The quantitative estimate of drug-likeness (QED) is 0.489. The van der Waals surface area contributed by atoms with E-state index >= 15 is 0 Å². The molecule has 2 amide bonds. The van der Waals surface area contributed by atoms with Gasteiger partial charge in [0.15, 0.2) is 0 Å². The van der Waals surface area contributed by atoms with E-state index in [-0.39, 0.29) is 18.7 Å². The second-order valence-electron chi connectivity index (χ2n) is 3.07. The molecule has 0 heterocycles. The van der Waals surface area contributed by atoms with Crippen LogP contribution in [0.3, 0.4) is 0 Å². The first-order valence-corrected chi connectivity index (χ1v) is 5.02. The van der Waals surface area contributed by atoms with Crippen LogP contribution in [0.4, 0.5) is 0 Å². The Morgan fingerprint density at radius 3 is 2.56 bits per heavy atom. The van der Waals surface area contributed by atoms with Crippen LogP contribution in [0.2, 0.25) is 0 Å². The van der Waals surface area contributed by atoms with Crippen LogP contribution in [0, 0.1) is 0 Å². The number of carbonyl (C=O) groups excluding carboxylic acids is 2. The van der Waals surface area contributed by atoms with Crippen LogP contribution < -0.4 is 11.1 Å². The summed E-state index contributed by atoms with van der Waals surface area (Å²) in [6.45, 7) is 2.26. The topological polar surface area (TPSA) is 81.4 Å². The molecule has 0 saturated carbocycles. The van der Waals surface area contributed by atoms with Gasteiger partial charge in [0, 0.05) is 19.4 Å². The molecule has 0 atom stereocenters. The Balaban J connectivity index is 3.73. The van der Waals surface area contributed by atoms with Crippen molar-refractivity contribution < 1.29 is 14.3 Å². The highest BCUT2D eigenvalue weighted by Gasteiger charge is 2.01. The fourth-order valence-electron chi connectivity index (χ4n) is 0.955. The van der Waals surface area contributed by atoms with Crippen LogP contribution in [0.15, 0.2) is 24.0 Å². The highest BCUT2D eigenvalue weighted by atomic mass is 16.5. The monoisotopic (exact) mass is 226 g/mol. The van der Waals surface area contributed by atoms with Gasteiger partial charge in [-0.05, 0) is 19.1 Å². The molecule has 0 aliphatic rings. The third-order valence-corrected chi connectivity index (χ3v) is 1.82. The molecule has 5 heteroatoms. The van der Waals surface area contributed by atoms with E-state index in [9.17, 15) is 9.59 Å². The zero-order valence-electron chi connectivity index (χ0n) is 9.66. The van der Waals surface area contributed by atoms with Crippen LogP contribution in [-0.2, 0) is 14.3 Å². The van der Waals surface area contributed by atoms with Gasteiger partial charge in [0.1, 0.15) is 5.76 Å². The first-order valence-electron chi connectivity index (χ1n) is 5.02. The van der Waals surface area contributed by atoms with Crippen molar-refractivity contribution in [3.8, 4) is 0 Å². The number of hydrogen-bond donors (Lipinski definition) is 2. The Bertz CT molecular complexity index is 296. The van der Waals surface area contributed by atoms with Gasteiger partial charge in [0.05, 0.1) is 7.11 Å². The van der Waals surface area contributed by atoms with Gasteiger partial charge in [0.2, 0.25) is 11.8 Å². The first-order chi connectivity index (χ1) is 7.60. The molecule has 0 saturated heterocycles. The van der Waals surface area contributed by atoms with Crippen LogP contribution >= 0.6 is 0 Å². The van der Waals surface area contributed by atoms with Gasteiger partial charge >= 0.3 is 0 Å². The Morgan fingerprint density at radius 1 is 1.38 bits per heavy atom. The third kappa shape index (κ3) is 7.61. The Morgan fingerprint density at radius 2 is 2.06 bits per heavy atom. The molecule has 16 heavy (non-hydrogen) atoms. The molecule has 0 aromatic carbocycles. The van der Waals surface area contributed by atoms with Crippen molar-refractivity contribution >= 4 is 11.8 Å². The maximum absolute atomic E-state index is 11.1. The summed E-state index contributed by atoms with van der Waals surface area (Å²) in [5, 5.41) is 2.63. The first kappa shape index (κ1) is 14.2. The zero-order valence-corrected chi connectivity index (χ0v) is 9.66. The highest BCUT2D eigenvalue weighted by molar-refractivity contribution is 5.82. The molecular formula is C11H18N2O3. The van der Waals surface area contributed by atoms with E-state index < -0.39 is 5.91 Å². The molecule has 0 bridgehead atoms. The van der Waals surface area contributed by atoms with Gasteiger partial charge in [-0.1, -0.05) is 6.08 Å². The Labute approximate surface area is 95.3 Å². The lowest BCUT2D eigenvalue weighted by atomic mass is 10.3. The van der Waals surface area contributed by atoms with Crippen molar-refractivity contribution in [2.45, 2.75) is 19.8 Å². The summed E-state index contributed by atoms with van der Waals surface area (Å²) in [6, 6.07) is 0. The SMILES string of the molecule is CC=C(C=CCNC(=O)CCC(N)=O)OC. The summed E-state index contributed by atoms with van der Waals surface area (Å²) in [5.74, 6) is 0.0653. The summed E-state index contributed by atoms with van der Waals surface area (Å²) in [5.41, 5.74) is 4.91. The van der Waals surface area contributed by atoms with E-state index in [2.05, 4.69) is 5.32 Å². The maximum Gasteiger partial charge on any atom is 0.220 e. The molecule has 5 nitrogen and oxygen atoms in total. The number of nitrogens with one attached hydrogen (secondary N) is 1. The molecule has 0 unspecified atom stereocenters. The third-order valence-electron chi connectivity index (χ3n) is 1.82. The van der Waals surface area contributed by atoms with E-state index in [4.69, 9.17) is 10.5 Å². The smallest absolute Gasteiger partial charge is 0.220 e. The van der Waals surface area contributed by atoms with Crippen molar-refractivity contribution in [3.63, 3.8) is 0 Å². The minimum absolute atomic E-state index is 0.0771. The second kappa shape index (κ2) is 8.52. The Hall–Kier alpha value is -1.78. The standard InChI is InChI=1S/C11H18N2O3/c1-3-9(16-2)5-4-8-13-11(15)7-6-10(12)14/h3-5H,6-8H2,1-2H3,(H2,12,14)(H,13,15). The summed E-state index contributed by atoms with van der Waals surface area (Å²) < 4.78 is 4.99. The summed E-state index contributed by atoms with van der Waals surface area (Å²) in [7, 11) is 1.57. The lowest BCUT2D eigenvalue weighted by molar-refractivity contribution is -0.124. The van der Waals surface area contributed by atoms with Crippen molar-refractivity contribution in [1.29, 1.82) is 0 Å². The molecule has 0 aliphatic heterocycles. The van der Waals surface area contributed by atoms with E-state index in [1.807, 2.05) is 13.0 Å². The fourth-order valence-corrected chi connectivity index (χ4v) is 0.955. The molecule has 0 spiro atoms. The number of carbonyl (C=O) groups is 2. The van der Waals surface area contributed by atoms with E-state index in [0.717, 1.165) is 5.76 Å². The molecular weight excluding hydrogens is 208 g/mol. The minimum Gasteiger partial charge on any atom is -0.497 e. The molecule has 0 aromatic rings. The van der Waals surface area contributed by atoms with Gasteiger partial charge in [-0.25, -0.2) is 0 Å². The average molecular weight is 226 g/mol. The van der Waals surface area contributed by atoms with Crippen LogP contribution in [0.5, 0.6) is 0 Å². The summed E-state index contributed by atoms with van der Waals surface area (Å²) in [4.78, 5) is 21.5. The molecule has 0 aliphatic carbocycles. The number of primary amides is 1. The summed E-state index contributed by atoms with van der Waals surface area (Å²) in [6.07, 6.45) is 5.54. The van der Waals surface area contributed by atoms with Gasteiger partial charge in [-0.15, -0.1) is 0 Å². The number of rotatable bonds is 7. The summed E-state index contributed by atoms with van der Waals surface area (Å²) >= 11 is 0.